The van der Waals surface area contributed by atoms with Gasteiger partial charge in [-0.05, 0) is 54.7 Å². The highest BCUT2D eigenvalue weighted by Gasteiger charge is 2.45. The number of epoxide rings is 1. The van der Waals surface area contributed by atoms with Crippen molar-refractivity contribution < 1.29 is 9.84 Å². The number of hydrogen-bond acceptors (Lipinski definition) is 5. The van der Waals surface area contributed by atoms with Crippen molar-refractivity contribution in [2.45, 2.75) is 32.2 Å². The standard InChI is InChI=1S/C22H22ClN3O2/c1-13-10-14(7-8-17(13)23)16-5-2-6-18-19(16)21(25-12-24-18)26-9-3-4-15(11-26)20-22(27)28-20/h2,5-8,10,12,15,20,22,27H,3-4,9,11H2,1H3. The molecule has 1 N–H and O–H groups in total. The number of rotatable bonds is 3. The zero-order chi connectivity index (χ0) is 19.3. The maximum absolute atomic E-state index is 9.67. The minimum atomic E-state index is -0.598. The molecular weight excluding hydrogens is 374 g/mol. The molecule has 5 nitrogen and oxygen atoms in total. The number of aryl methyl sites for hydroxylation is 1. The van der Waals surface area contributed by atoms with Crippen molar-refractivity contribution in [2.24, 2.45) is 5.92 Å². The highest BCUT2D eigenvalue weighted by atomic mass is 35.5. The predicted molar refractivity (Wildman–Crippen MR) is 111 cm³/mol. The van der Waals surface area contributed by atoms with Gasteiger partial charge in [-0.1, -0.05) is 29.8 Å². The van der Waals surface area contributed by atoms with E-state index in [9.17, 15) is 5.11 Å². The Balaban J connectivity index is 1.60. The lowest BCUT2D eigenvalue weighted by Crippen LogP contribution is -2.38. The summed E-state index contributed by atoms with van der Waals surface area (Å²) >= 11 is 6.24. The van der Waals surface area contributed by atoms with Crippen LogP contribution in [-0.4, -0.2) is 40.6 Å². The maximum atomic E-state index is 9.67. The Morgan fingerprint density at radius 1 is 1.21 bits per heavy atom. The van der Waals surface area contributed by atoms with Gasteiger partial charge in [0.2, 0.25) is 0 Å². The van der Waals surface area contributed by atoms with E-state index in [-0.39, 0.29) is 6.10 Å². The zero-order valence-corrected chi connectivity index (χ0v) is 16.4. The number of aliphatic hydroxyl groups is 1. The lowest BCUT2D eigenvalue weighted by atomic mass is 9.93. The third-order valence-corrected chi connectivity index (χ3v) is 6.26. The van der Waals surface area contributed by atoms with E-state index in [0.29, 0.717) is 5.92 Å². The number of halogens is 1. The third kappa shape index (κ3) is 3.13. The molecule has 0 bridgehead atoms. The van der Waals surface area contributed by atoms with Crippen molar-refractivity contribution in [1.29, 1.82) is 0 Å². The largest absolute Gasteiger partial charge is 0.366 e. The molecule has 3 aromatic rings. The average Bonchev–Trinajstić information content (AvgIpc) is 3.46. The topological polar surface area (TPSA) is 61.8 Å². The normalized spacial score (nSPS) is 24.5. The van der Waals surface area contributed by atoms with Crippen LogP contribution in [0.4, 0.5) is 5.82 Å². The monoisotopic (exact) mass is 395 g/mol. The number of anilines is 1. The van der Waals surface area contributed by atoms with Gasteiger partial charge in [0.1, 0.15) is 18.2 Å². The Bertz CT molecular complexity index is 1040. The molecule has 0 saturated carbocycles. The second-order valence-electron chi connectivity index (χ2n) is 7.70. The summed E-state index contributed by atoms with van der Waals surface area (Å²) in [4.78, 5) is 11.5. The van der Waals surface area contributed by atoms with Gasteiger partial charge in [-0.15, -0.1) is 0 Å². The molecule has 3 atom stereocenters. The molecule has 0 spiro atoms. The summed E-state index contributed by atoms with van der Waals surface area (Å²) in [6.07, 6.45) is 3.14. The number of fused-ring (bicyclic) bond motifs is 1. The summed E-state index contributed by atoms with van der Waals surface area (Å²) in [5.41, 5.74) is 4.20. The van der Waals surface area contributed by atoms with Gasteiger partial charge in [0, 0.05) is 24.0 Å². The first-order chi connectivity index (χ1) is 13.6. The Kier molecular flexibility index (Phi) is 4.46. The van der Waals surface area contributed by atoms with Gasteiger partial charge in [0.25, 0.3) is 0 Å². The first kappa shape index (κ1) is 17.9. The molecule has 3 unspecified atom stereocenters. The fourth-order valence-electron chi connectivity index (χ4n) is 4.32. The van der Waals surface area contributed by atoms with Gasteiger partial charge in [0.05, 0.1) is 10.9 Å². The summed E-state index contributed by atoms with van der Waals surface area (Å²) in [7, 11) is 0. The van der Waals surface area contributed by atoms with Crippen LogP contribution in [0.25, 0.3) is 22.0 Å². The van der Waals surface area contributed by atoms with Crippen LogP contribution in [0.15, 0.2) is 42.7 Å². The van der Waals surface area contributed by atoms with E-state index in [2.05, 4.69) is 27.0 Å². The number of nitrogens with zero attached hydrogens (tertiary/aromatic N) is 3. The second kappa shape index (κ2) is 6.99. The van der Waals surface area contributed by atoms with Crippen LogP contribution in [0.5, 0.6) is 0 Å². The molecule has 28 heavy (non-hydrogen) atoms. The molecule has 3 heterocycles. The predicted octanol–water partition coefficient (Wildman–Crippen LogP) is 4.19. The van der Waals surface area contributed by atoms with Gasteiger partial charge < -0.3 is 14.7 Å². The van der Waals surface area contributed by atoms with Crippen molar-refractivity contribution in [3.8, 4) is 11.1 Å². The minimum Gasteiger partial charge on any atom is -0.366 e. The average molecular weight is 396 g/mol. The van der Waals surface area contributed by atoms with Gasteiger partial charge in [-0.3, -0.25) is 0 Å². The minimum absolute atomic E-state index is 0.0331. The van der Waals surface area contributed by atoms with Crippen LogP contribution >= 0.6 is 11.6 Å². The highest BCUT2D eigenvalue weighted by Crippen LogP contribution is 2.38. The summed E-state index contributed by atoms with van der Waals surface area (Å²) in [6.45, 7) is 3.80. The Hall–Kier alpha value is -2.21. The van der Waals surface area contributed by atoms with Gasteiger partial charge >= 0.3 is 0 Å². The molecule has 144 valence electrons. The zero-order valence-electron chi connectivity index (χ0n) is 15.7. The summed E-state index contributed by atoms with van der Waals surface area (Å²) < 4.78 is 5.33. The van der Waals surface area contributed by atoms with E-state index < -0.39 is 6.29 Å². The number of aromatic nitrogens is 2. The molecule has 0 radical (unpaired) electrons. The third-order valence-electron chi connectivity index (χ3n) is 5.83. The Morgan fingerprint density at radius 2 is 2.07 bits per heavy atom. The van der Waals surface area contributed by atoms with E-state index in [0.717, 1.165) is 64.4 Å². The van der Waals surface area contributed by atoms with E-state index in [1.165, 1.54) is 0 Å². The number of aliphatic hydroxyl groups excluding tert-OH is 1. The van der Waals surface area contributed by atoms with Crippen molar-refractivity contribution in [2.75, 3.05) is 18.0 Å². The van der Waals surface area contributed by atoms with Crippen LogP contribution in [-0.2, 0) is 4.74 Å². The lowest BCUT2D eigenvalue weighted by molar-refractivity contribution is 0.155. The van der Waals surface area contributed by atoms with Gasteiger partial charge in [0.15, 0.2) is 6.29 Å². The van der Waals surface area contributed by atoms with Crippen molar-refractivity contribution in [1.82, 2.24) is 9.97 Å². The van der Waals surface area contributed by atoms with Crippen LogP contribution in [0.1, 0.15) is 18.4 Å². The molecule has 0 amide bonds. The van der Waals surface area contributed by atoms with Crippen LogP contribution in [0, 0.1) is 12.8 Å². The smallest absolute Gasteiger partial charge is 0.182 e. The summed E-state index contributed by atoms with van der Waals surface area (Å²) in [5.74, 6) is 1.28. The molecular formula is C22H22ClN3O2. The summed E-state index contributed by atoms with van der Waals surface area (Å²) in [6, 6.07) is 12.3. The first-order valence-corrected chi connectivity index (χ1v) is 10.1. The number of benzene rings is 2. The SMILES string of the molecule is Cc1cc(-c2cccc3ncnc(N4CCCC(C5OC5O)C4)c23)ccc1Cl. The maximum Gasteiger partial charge on any atom is 0.182 e. The summed E-state index contributed by atoms with van der Waals surface area (Å²) in [5, 5.41) is 11.5. The fourth-order valence-corrected chi connectivity index (χ4v) is 4.43. The first-order valence-electron chi connectivity index (χ1n) is 9.70. The molecule has 2 aliphatic rings. The number of ether oxygens (including phenoxy) is 1. The molecule has 2 fully saturated rings. The number of piperidine rings is 1. The van der Waals surface area contributed by atoms with E-state index in [1.807, 2.05) is 31.2 Å². The second-order valence-corrected chi connectivity index (χ2v) is 8.11. The number of hydrogen-bond donors (Lipinski definition) is 1. The van der Waals surface area contributed by atoms with Crippen molar-refractivity contribution >= 4 is 28.3 Å². The quantitative estimate of drug-likeness (QED) is 0.673. The molecule has 2 aliphatic heterocycles. The molecule has 0 aliphatic carbocycles. The molecule has 2 aromatic carbocycles. The Labute approximate surface area is 168 Å². The van der Waals surface area contributed by atoms with Gasteiger partial charge in [-0.25, -0.2) is 9.97 Å². The van der Waals surface area contributed by atoms with Crippen molar-refractivity contribution in [3.63, 3.8) is 0 Å². The van der Waals surface area contributed by atoms with Crippen LogP contribution in [0.2, 0.25) is 5.02 Å². The van der Waals surface area contributed by atoms with Gasteiger partial charge in [-0.2, -0.15) is 0 Å². The van der Waals surface area contributed by atoms with Crippen molar-refractivity contribution in [3.05, 3.63) is 53.3 Å². The molecule has 5 rings (SSSR count). The Morgan fingerprint density at radius 3 is 2.86 bits per heavy atom. The van der Waals surface area contributed by atoms with E-state index in [4.69, 9.17) is 16.3 Å². The fraction of sp³-hybridized carbons (Fsp3) is 0.364. The van der Waals surface area contributed by atoms with Crippen LogP contribution < -0.4 is 4.90 Å². The molecule has 6 heteroatoms. The molecule has 2 saturated heterocycles. The highest BCUT2D eigenvalue weighted by molar-refractivity contribution is 6.31. The van der Waals surface area contributed by atoms with E-state index in [1.54, 1.807) is 6.33 Å². The van der Waals surface area contributed by atoms with Crippen LogP contribution in [0.3, 0.4) is 0 Å². The molecule has 1 aromatic heterocycles. The lowest BCUT2D eigenvalue weighted by Gasteiger charge is -2.33. The van der Waals surface area contributed by atoms with E-state index >= 15 is 0 Å².